The lowest BCUT2D eigenvalue weighted by Gasteiger charge is -2.06. The maximum Gasteiger partial charge on any atom is 0.417 e. The van der Waals surface area contributed by atoms with E-state index < -0.39 is 11.7 Å². The van der Waals surface area contributed by atoms with Crippen molar-refractivity contribution in [3.63, 3.8) is 0 Å². The second-order valence-corrected chi connectivity index (χ2v) is 2.36. The number of alkyl halides is 3. The number of hydrogen-bond donors (Lipinski definition) is 0. The van der Waals surface area contributed by atoms with E-state index in [-0.39, 0.29) is 12.5 Å². The Morgan fingerprint density at radius 2 is 2.14 bits per heavy atom. The summed E-state index contributed by atoms with van der Waals surface area (Å²) in [5, 5.41) is 0. The van der Waals surface area contributed by atoms with Gasteiger partial charge in [0, 0.05) is 12.3 Å². The Kier molecular flexibility index (Phi) is 3.06. The Balaban J connectivity index is 2.73. The highest BCUT2D eigenvalue weighted by Crippen LogP contribution is 2.28. The fourth-order valence-corrected chi connectivity index (χ4v) is 0.753. The average molecular weight is 205 g/mol. The third-order valence-electron chi connectivity index (χ3n) is 1.36. The Bertz CT molecular complexity index is 307. The maximum absolute atomic E-state index is 12.0. The van der Waals surface area contributed by atoms with Crippen molar-refractivity contribution >= 4 is 6.29 Å². The standard InChI is InChI=1S/C8H6F3NO2/c9-8(10,11)6-1-2-7(12-5-6)14-4-3-13/h1-3,5H,4H2. The van der Waals surface area contributed by atoms with Crippen LogP contribution in [0.25, 0.3) is 0 Å². The second kappa shape index (κ2) is 4.08. The zero-order valence-electron chi connectivity index (χ0n) is 6.91. The lowest BCUT2D eigenvalue weighted by molar-refractivity contribution is -0.137. The summed E-state index contributed by atoms with van der Waals surface area (Å²) in [7, 11) is 0. The maximum atomic E-state index is 12.0. The van der Waals surface area contributed by atoms with E-state index in [0.717, 1.165) is 12.1 Å². The minimum atomic E-state index is -4.41. The van der Waals surface area contributed by atoms with Crippen molar-refractivity contribution in [2.45, 2.75) is 6.18 Å². The van der Waals surface area contributed by atoms with Gasteiger partial charge in [-0.25, -0.2) is 4.98 Å². The van der Waals surface area contributed by atoms with E-state index in [1.54, 1.807) is 0 Å². The monoisotopic (exact) mass is 205 g/mol. The third-order valence-corrected chi connectivity index (χ3v) is 1.36. The molecule has 0 unspecified atom stereocenters. The molecule has 14 heavy (non-hydrogen) atoms. The van der Waals surface area contributed by atoms with Crippen molar-refractivity contribution in [1.29, 1.82) is 0 Å². The summed E-state index contributed by atoms with van der Waals surface area (Å²) in [5.41, 5.74) is -0.851. The number of hydrogen-bond acceptors (Lipinski definition) is 3. The van der Waals surface area contributed by atoms with Crippen molar-refractivity contribution in [3.05, 3.63) is 23.9 Å². The first-order chi connectivity index (χ1) is 6.54. The summed E-state index contributed by atoms with van der Waals surface area (Å²) in [6.07, 6.45) is -3.27. The van der Waals surface area contributed by atoms with Crippen LogP contribution >= 0.6 is 0 Å². The predicted molar refractivity (Wildman–Crippen MR) is 40.8 cm³/mol. The Hall–Kier alpha value is -1.59. The van der Waals surface area contributed by atoms with E-state index in [1.165, 1.54) is 0 Å². The van der Waals surface area contributed by atoms with E-state index in [4.69, 9.17) is 0 Å². The van der Waals surface area contributed by atoms with E-state index >= 15 is 0 Å². The molecule has 1 aromatic rings. The number of pyridine rings is 1. The number of aromatic nitrogens is 1. The minimum absolute atomic E-state index is 0.00917. The van der Waals surface area contributed by atoms with Crippen LogP contribution in [0.3, 0.4) is 0 Å². The molecule has 0 saturated heterocycles. The first-order valence-electron chi connectivity index (χ1n) is 3.63. The molecule has 3 nitrogen and oxygen atoms in total. The van der Waals surface area contributed by atoms with Crippen LogP contribution in [0.15, 0.2) is 18.3 Å². The van der Waals surface area contributed by atoms with Gasteiger partial charge < -0.3 is 4.74 Å². The fraction of sp³-hybridized carbons (Fsp3) is 0.250. The quantitative estimate of drug-likeness (QED) is 0.704. The molecule has 0 radical (unpaired) electrons. The molecule has 0 aromatic carbocycles. The van der Waals surface area contributed by atoms with Crippen molar-refractivity contribution < 1.29 is 22.7 Å². The SMILES string of the molecule is O=CCOc1ccc(C(F)(F)F)cn1. The van der Waals surface area contributed by atoms with Gasteiger partial charge in [0.25, 0.3) is 0 Å². The highest BCUT2D eigenvalue weighted by Gasteiger charge is 2.30. The van der Waals surface area contributed by atoms with Crippen LogP contribution < -0.4 is 4.74 Å². The molecular weight excluding hydrogens is 199 g/mol. The lowest BCUT2D eigenvalue weighted by atomic mass is 10.3. The van der Waals surface area contributed by atoms with E-state index in [0.29, 0.717) is 12.5 Å². The van der Waals surface area contributed by atoms with Gasteiger partial charge >= 0.3 is 6.18 Å². The van der Waals surface area contributed by atoms with Gasteiger partial charge in [-0.2, -0.15) is 13.2 Å². The Morgan fingerprint density at radius 3 is 2.57 bits per heavy atom. The van der Waals surface area contributed by atoms with Gasteiger partial charge in [-0.05, 0) is 6.07 Å². The molecule has 0 spiro atoms. The van der Waals surface area contributed by atoms with Crippen LogP contribution in [0.4, 0.5) is 13.2 Å². The third kappa shape index (κ3) is 2.72. The summed E-state index contributed by atoms with van der Waals surface area (Å²) in [4.78, 5) is 13.3. The van der Waals surface area contributed by atoms with Gasteiger partial charge in [0.1, 0.15) is 6.61 Å². The summed E-state index contributed by atoms with van der Waals surface area (Å²) >= 11 is 0. The summed E-state index contributed by atoms with van der Waals surface area (Å²) in [6, 6.07) is 1.90. The van der Waals surface area contributed by atoms with Crippen LogP contribution in [0.1, 0.15) is 5.56 Å². The second-order valence-electron chi connectivity index (χ2n) is 2.36. The molecule has 6 heteroatoms. The largest absolute Gasteiger partial charge is 0.470 e. The van der Waals surface area contributed by atoms with Crippen LogP contribution in [0, 0.1) is 0 Å². The van der Waals surface area contributed by atoms with Crippen molar-refractivity contribution in [2.24, 2.45) is 0 Å². The molecular formula is C8H6F3NO2. The molecule has 76 valence electrons. The molecule has 0 amide bonds. The smallest absolute Gasteiger partial charge is 0.417 e. The summed E-state index contributed by atoms with van der Waals surface area (Å²) < 4.78 is 40.8. The van der Waals surface area contributed by atoms with Gasteiger partial charge in [0.05, 0.1) is 5.56 Å². The predicted octanol–water partition coefficient (Wildman–Crippen LogP) is 1.68. The summed E-state index contributed by atoms with van der Waals surface area (Å²) in [6.45, 7) is -0.224. The first-order valence-corrected chi connectivity index (χ1v) is 3.63. The molecule has 0 aliphatic carbocycles. The normalized spacial score (nSPS) is 11.1. The van der Waals surface area contributed by atoms with Gasteiger partial charge in [-0.3, -0.25) is 4.79 Å². The Labute approximate surface area is 77.5 Å². The highest BCUT2D eigenvalue weighted by atomic mass is 19.4. The van der Waals surface area contributed by atoms with Crippen LogP contribution in [0.5, 0.6) is 5.88 Å². The molecule has 0 N–H and O–H groups in total. The average Bonchev–Trinajstić information content (AvgIpc) is 2.14. The topological polar surface area (TPSA) is 39.2 Å². The Morgan fingerprint density at radius 1 is 1.43 bits per heavy atom. The molecule has 0 bridgehead atoms. The van der Waals surface area contributed by atoms with Crippen LogP contribution in [-0.4, -0.2) is 17.9 Å². The molecule has 0 saturated carbocycles. The molecule has 1 rings (SSSR count). The van der Waals surface area contributed by atoms with Crippen LogP contribution in [-0.2, 0) is 11.0 Å². The van der Waals surface area contributed by atoms with E-state index in [2.05, 4.69) is 9.72 Å². The zero-order chi connectivity index (χ0) is 10.6. The van der Waals surface area contributed by atoms with E-state index in [9.17, 15) is 18.0 Å². The van der Waals surface area contributed by atoms with Crippen molar-refractivity contribution in [1.82, 2.24) is 4.98 Å². The van der Waals surface area contributed by atoms with Crippen LogP contribution in [0.2, 0.25) is 0 Å². The van der Waals surface area contributed by atoms with Gasteiger partial charge in [-0.15, -0.1) is 0 Å². The minimum Gasteiger partial charge on any atom is -0.470 e. The molecule has 0 aliphatic rings. The fourth-order valence-electron chi connectivity index (χ4n) is 0.753. The van der Waals surface area contributed by atoms with Gasteiger partial charge in [-0.1, -0.05) is 0 Å². The molecule has 0 aliphatic heterocycles. The number of rotatable bonds is 3. The number of carbonyl (C=O) groups excluding carboxylic acids is 1. The lowest BCUT2D eigenvalue weighted by Crippen LogP contribution is -2.06. The number of aldehydes is 1. The zero-order valence-corrected chi connectivity index (χ0v) is 6.91. The number of carbonyl (C=O) groups is 1. The van der Waals surface area contributed by atoms with E-state index in [1.807, 2.05) is 0 Å². The summed E-state index contributed by atoms with van der Waals surface area (Å²) in [5.74, 6) is -0.00917. The first kappa shape index (κ1) is 10.5. The van der Waals surface area contributed by atoms with Crippen molar-refractivity contribution in [2.75, 3.05) is 6.61 Å². The number of ether oxygens (including phenoxy) is 1. The van der Waals surface area contributed by atoms with Crippen molar-refractivity contribution in [3.8, 4) is 5.88 Å². The highest BCUT2D eigenvalue weighted by molar-refractivity contribution is 5.51. The molecule has 1 heterocycles. The van der Waals surface area contributed by atoms with Gasteiger partial charge in [0.2, 0.25) is 5.88 Å². The molecule has 1 aromatic heterocycles. The molecule has 0 atom stereocenters. The number of halogens is 3. The van der Waals surface area contributed by atoms with Gasteiger partial charge in [0.15, 0.2) is 6.29 Å². The number of nitrogens with zero attached hydrogens (tertiary/aromatic N) is 1. The molecule has 0 fully saturated rings.